The third-order valence-electron chi connectivity index (χ3n) is 22.3. The van der Waals surface area contributed by atoms with Crippen molar-refractivity contribution < 1.29 is 81.6 Å². The lowest BCUT2D eigenvalue weighted by Gasteiger charge is -2.27. The highest BCUT2D eigenvalue weighted by Crippen LogP contribution is 2.42. The third-order valence-corrected chi connectivity index (χ3v) is 22.3. The van der Waals surface area contributed by atoms with Gasteiger partial charge in [0.2, 0.25) is 23.6 Å². The van der Waals surface area contributed by atoms with Crippen molar-refractivity contribution in [1.82, 2.24) is 86.3 Å². The van der Waals surface area contributed by atoms with E-state index in [-0.39, 0.29) is 96.1 Å². The lowest BCUT2D eigenvalue weighted by Crippen LogP contribution is -2.54. The molecule has 138 heavy (non-hydrogen) atoms. The fourth-order valence-corrected chi connectivity index (χ4v) is 15.9. The molecule has 38 nitrogen and oxygen atoms in total. The highest BCUT2D eigenvalue weighted by atomic mass is 16.6. The number of benzene rings is 6. The number of hydrogen-bond acceptors (Lipinski definition) is 28. The first-order chi connectivity index (χ1) is 66.0. The number of amides is 11. The summed E-state index contributed by atoms with van der Waals surface area (Å²) in [5, 5.41) is 53.8. The molecule has 2 saturated heterocycles. The Morgan fingerprint density at radius 3 is 1.32 bits per heavy atom. The quantitative estimate of drug-likeness (QED) is 0.0110. The largest absolute Gasteiger partial charge is 0.496 e. The first-order valence-corrected chi connectivity index (χ1v) is 44.9. The molecule has 2 fully saturated rings. The maximum absolute atomic E-state index is 13.5. The first-order valence-electron chi connectivity index (χ1n) is 44.9. The Labute approximate surface area is 793 Å². The number of ether oxygens (including phenoxy) is 3. The van der Waals surface area contributed by atoms with Gasteiger partial charge in [0.1, 0.15) is 52.0 Å². The lowest BCUT2D eigenvalue weighted by molar-refractivity contribution is -0.155. The number of aromatic carboxylic acids is 1. The van der Waals surface area contributed by atoms with E-state index in [0.29, 0.717) is 140 Å². The van der Waals surface area contributed by atoms with E-state index in [1.54, 1.807) is 109 Å². The summed E-state index contributed by atoms with van der Waals surface area (Å²) in [6.07, 6.45) is 14.2. The monoisotopic (exact) mass is 1870 g/mol. The molecule has 0 bridgehead atoms. The zero-order chi connectivity index (χ0) is 98.4. The third kappa shape index (κ3) is 23.6. The van der Waals surface area contributed by atoms with E-state index in [4.69, 9.17) is 14.2 Å². The highest BCUT2D eigenvalue weighted by Gasteiger charge is 2.48. The van der Waals surface area contributed by atoms with Crippen molar-refractivity contribution in [2.24, 2.45) is 0 Å². The van der Waals surface area contributed by atoms with E-state index in [1.807, 2.05) is 141 Å². The van der Waals surface area contributed by atoms with E-state index in [1.165, 1.54) is 18.3 Å². The number of carboxylic acid groups (broad SMARTS) is 1. The van der Waals surface area contributed by atoms with Crippen molar-refractivity contribution in [2.75, 3.05) is 42.0 Å². The Balaban J connectivity index is 0.000000178. The number of nitrogens with zero attached hydrogens (tertiary/aromatic N) is 12. The van der Waals surface area contributed by atoms with E-state index < -0.39 is 82.0 Å². The van der Waals surface area contributed by atoms with Crippen LogP contribution < -0.4 is 57.3 Å². The molecule has 712 valence electrons. The van der Waals surface area contributed by atoms with Crippen LogP contribution in [0.15, 0.2) is 183 Å². The normalized spacial score (nSPS) is 14.6. The van der Waals surface area contributed by atoms with Gasteiger partial charge < -0.3 is 56.5 Å². The standard InChI is InChI=1S/C47H47N11O7.C27H26N4O4.C26H32N6O6/c1-47(2,3)54-42(60)33-25-51-36-22-38(65-4)31(21-32(36)41(33)52-28-11-6-5-7-12-28)27-15-16-35(49-23-27)43(61)48-19-8-9-20-57-26-29(55-56-57)24-50-34-14-10-13-30-40(34)46(64)58(45(30)63)37-17-18-39(59)53-44(37)62;1-27(2,3)31-25(32)20-15-29-22-13-23(35-4)18(16-10-11-21(26(33)34)28-14-16)12-19(22)24(20)30-17-8-6-5-7-9-17;1-26(2,3)38-21(34)10-5-4-6-13-31-15-16(29-30-31)14-27-18-9-7-8-17-22(18)25(37)32(24(17)36)19-11-12-20(33)28-23(19)35/h5-7,10-16,21-23,25-26,37,50H,8-9,17-20,24H2,1-4H3,(H,48,61)(H,51,52)(H,54,60)(H,53,59,62);5-15H,1-4H3,(H,29,30)(H,31,32)(H,33,34);7-9,15,19,27H,4-6,10-14H2,1-3H3,(H,28,33,35). The number of methoxy groups -OCH3 is 2. The molecule has 0 radical (unpaired) electrons. The lowest BCUT2D eigenvalue weighted by atomic mass is 10.00. The Morgan fingerprint density at radius 2 is 0.913 bits per heavy atom. The van der Waals surface area contributed by atoms with Crippen LogP contribution in [0.3, 0.4) is 0 Å². The molecule has 0 aliphatic carbocycles. The molecule has 6 aromatic carbocycles. The van der Waals surface area contributed by atoms with Gasteiger partial charge >= 0.3 is 11.9 Å². The zero-order valence-corrected chi connectivity index (χ0v) is 77.9. The second kappa shape index (κ2) is 42.3. The summed E-state index contributed by atoms with van der Waals surface area (Å²) in [7, 11) is 3.12. The summed E-state index contributed by atoms with van der Waals surface area (Å²) >= 11 is 0. The van der Waals surface area contributed by atoms with Crippen LogP contribution in [0.5, 0.6) is 11.5 Å². The molecule has 11 amide bonds. The summed E-state index contributed by atoms with van der Waals surface area (Å²) in [4.78, 5) is 183. The van der Waals surface area contributed by atoms with Gasteiger partial charge in [-0.15, -0.1) is 10.2 Å². The van der Waals surface area contributed by atoms with Crippen LogP contribution in [0.4, 0.5) is 34.1 Å². The number of esters is 1. The summed E-state index contributed by atoms with van der Waals surface area (Å²) in [5.41, 5.74) is 9.26. The summed E-state index contributed by atoms with van der Waals surface area (Å²) < 4.78 is 20.1. The number of pyridine rings is 4. The SMILES string of the molecule is CC(C)(C)OC(=O)CCCCCn1cc(CNc2cccc3c2C(=O)N(C2CCC(=O)NC2=O)C3=O)nn1.COc1cc2ncc(C(=O)NC(C)(C)C)c(Nc3ccccc3)c2cc1-c1ccc(C(=O)NCCCCn2cc(CNc3cccc4c3C(=O)N(C3CCC(=O)NC3=O)C4=O)nn2)nc1.COc1cc2ncc(C(=O)NC(C)(C)C)c(Nc3ccccc3)c2cc1-c1ccc(C(=O)O)nc1. The first kappa shape index (κ1) is 97.5. The van der Waals surface area contributed by atoms with E-state index in [9.17, 15) is 67.4 Å². The van der Waals surface area contributed by atoms with E-state index in [0.717, 1.165) is 40.4 Å². The number of nitrogens with one attached hydrogen (secondary N) is 9. The maximum Gasteiger partial charge on any atom is 0.354 e. The van der Waals surface area contributed by atoms with Gasteiger partial charge in [-0.3, -0.25) is 102 Å². The van der Waals surface area contributed by atoms with Gasteiger partial charge in [0, 0.05) is 143 Å². The molecule has 12 aromatic rings. The van der Waals surface area contributed by atoms with Crippen molar-refractivity contribution in [3.8, 4) is 33.8 Å². The van der Waals surface area contributed by atoms with Crippen LogP contribution in [0.2, 0.25) is 0 Å². The van der Waals surface area contributed by atoms with Gasteiger partial charge in [0.15, 0.2) is 0 Å². The van der Waals surface area contributed by atoms with Gasteiger partial charge in [-0.1, -0.05) is 77.5 Å². The van der Waals surface area contributed by atoms with Gasteiger partial charge in [0.05, 0.1) is 95.5 Å². The number of carbonyl (C=O) groups excluding carboxylic acids is 12. The Bertz CT molecular complexity index is 6710. The average molecular weight is 1870 g/mol. The number of unbranched alkanes of at least 4 members (excludes halogenated alkanes) is 3. The van der Waals surface area contributed by atoms with Crippen molar-refractivity contribution in [2.45, 2.75) is 181 Å². The molecule has 4 aliphatic heterocycles. The minimum absolute atomic E-state index is 0.0371. The summed E-state index contributed by atoms with van der Waals surface area (Å²) in [5.74, 6) is -5.53. The van der Waals surface area contributed by atoms with Crippen molar-refractivity contribution in [3.05, 3.63) is 239 Å². The van der Waals surface area contributed by atoms with Gasteiger partial charge in [-0.05, 0) is 174 Å². The molecule has 10 heterocycles. The zero-order valence-electron chi connectivity index (χ0n) is 77.9. The fourth-order valence-electron chi connectivity index (χ4n) is 15.9. The molecular formula is C100H105N21O17. The van der Waals surface area contributed by atoms with Gasteiger partial charge in [-0.2, -0.15) is 0 Å². The van der Waals surface area contributed by atoms with Gasteiger partial charge in [0.25, 0.3) is 41.4 Å². The minimum Gasteiger partial charge on any atom is -0.496 e. The number of hydrogen-bond donors (Lipinski definition) is 10. The van der Waals surface area contributed by atoms with Crippen LogP contribution in [0, 0.1) is 0 Å². The minimum atomic E-state index is -1.10. The molecule has 4 aliphatic rings. The number of fused-ring (bicyclic) bond motifs is 4. The molecule has 2 unspecified atom stereocenters. The number of carboxylic acids is 1. The fraction of sp³-hybridized carbons (Fsp3) is 0.310. The highest BCUT2D eigenvalue weighted by molar-refractivity contribution is 6.27. The van der Waals surface area contributed by atoms with Crippen molar-refractivity contribution >= 4 is 133 Å². The molecule has 16 rings (SSSR count). The Morgan fingerprint density at radius 1 is 0.471 bits per heavy atom. The number of rotatable bonds is 31. The van der Waals surface area contributed by atoms with Crippen LogP contribution in [0.25, 0.3) is 44.1 Å². The topological polar surface area (TPSA) is 498 Å². The molecule has 6 aromatic heterocycles. The molecular weight excluding hydrogens is 1770 g/mol. The van der Waals surface area contributed by atoms with Gasteiger partial charge in [-0.25, -0.2) is 9.78 Å². The number of aryl methyl sites for hydroxylation is 2. The molecule has 2 atom stereocenters. The van der Waals surface area contributed by atoms with E-state index in [2.05, 4.69) is 88.4 Å². The number of para-hydroxylation sites is 2. The average Bonchev–Trinajstić information content (AvgIpc) is 1.48. The number of anilines is 6. The number of piperidine rings is 2. The second-order valence-corrected chi connectivity index (χ2v) is 36.2. The molecule has 10 N–H and O–H groups in total. The predicted octanol–water partition coefficient (Wildman–Crippen LogP) is 12.9. The summed E-state index contributed by atoms with van der Waals surface area (Å²) in [6.45, 7) is 19.1. The predicted molar refractivity (Wildman–Crippen MR) is 511 cm³/mol. The van der Waals surface area contributed by atoms with Crippen LogP contribution in [-0.4, -0.2) is 191 Å². The van der Waals surface area contributed by atoms with E-state index >= 15 is 0 Å². The van der Waals surface area contributed by atoms with Crippen LogP contribution in [-0.2, 0) is 54.9 Å². The maximum atomic E-state index is 13.5. The number of aromatic nitrogens is 10. The van der Waals surface area contributed by atoms with Crippen LogP contribution >= 0.6 is 0 Å². The molecule has 0 saturated carbocycles. The van der Waals surface area contributed by atoms with Crippen molar-refractivity contribution in [1.29, 1.82) is 0 Å². The smallest absolute Gasteiger partial charge is 0.354 e. The Kier molecular flexibility index (Phi) is 29.9. The second-order valence-electron chi connectivity index (χ2n) is 36.2. The number of carbonyl (C=O) groups is 13. The summed E-state index contributed by atoms with van der Waals surface area (Å²) in [6, 6.07) is 40.8. The molecule has 0 spiro atoms. The van der Waals surface area contributed by atoms with Crippen molar-refractivity contribution in [3.63, 3.8) is 0 Å². The van der Waals surface area contributed by atoms with Crippen LogP contribution in [0.1, 0.15) is 221 Å². The number of imide groups is 4. The Hall–Kier alpha value is -16.6. The molecule has 38 heteroatoms.